The Morgan fingerprint density at radius 3 is 2.65 bits per heavy atom. The van der Waals surface area contributed by atoms with Gasteiger partial charge in [0, 0.05) is 5.56 Å². The lowest BCUT2D eigenvalue weighted by molar-refractivity contribution is -0.124. The van der Waals surface area contributed by atoms with Crippen molar-refractivity contribution in [2.24, 2.45) is 5.73 Å². The summed E-state index contributed by atoms with van der Waals surface area (Å²) in [5.41, 5.74) is 5.65. The molecule has 0 bridgehead atoms. The number of benzene rings is 1. The third-order valence-electron chi connectivity index (χ3n) is 3.59. The zero-order valence-corrected chi connectivity index (χ0v) is 11.1. The monoisotopic (exact) mass is 278 g/mol. The van der Waals surface area contributed by atoms with Gasteiger partial charge in [-0.15, -0.1) is 0 Å². The Morgan fingerprint density at radius 2 is 2.00 bits per heavy atom. The number of carbonyl (C=O) groups excluding carboxylic acids is 2. The molecular weight excluding hydrogens is 260 g/mol. The number of amides is 1. The van der Waals surface area contributed by atoms with Gasteiger partial charge in [-0.05, 0) is 37.6 Å². The zero-order valence-electron chi connectivity index (χ0n) is 11.1. The van der Waals surface area contributed by atoms with Crippen LogP contribution in [0.4, 0.5) is 0 Å². The van der Waals surface area contributed by atoms with E-state index in [-0.39, 0.29) is 23.8 Å². The average Bonchev–Trinajstić information content (AvgIpc) is 2.42. The van der Waals surface area contributed by atoms with Crippen LogP contribution in [0.15, 0.2) is 18.2 Å². The summed E-state index contributed by atoms with van der Waals surface area (Å²) in [7, 11) is 0. The smallest absolute Gasteiger partial charge is 0.234 e. The first-order valence-corrected chi connectivity index (χ1v) is 6.57. The van der Waals surface area contributed by atoms with E-state index in [4.69, 9.17) is 5.73 Å². The molecule has 1 heterocycles. The van der Waals surface area contributed by atoms with Crippen LogP contribution in [-0.2, 0) is 4.79 Å². The number of piperidine rings is 1. The van der Waals surface area contributed by atoms with E-state index in [2.05, 4.69) is 0 Å². The number of likely N-dealkylation sites (tertiary alicyclic amines) is 1. The van der Waals surface area contributed by atoms with E-state index in [1.165, 1.54) is 18.2 Å². The molecule has 6 nitrogen and oxygen atoms in total. The summed E-state index contributed by atoms with van der Waals surface area (Å²) in [6, 6.07) is 3.53. The van der Waals surface area contributed by atoms with Crippen molar-refractivity contribution in [2.45, 2.75) is 25.3 Å². The Hall–Kier alpha value is -2.08. The molecule has 1 amide bonds. The molecule has 1 atom stereocenters. The van der Waals surface area contributed by atoms with Crippen LogP contribution in [-0.4, -0.2) is 45.9 Å². The molecule has 1 unspecified atom stereocenters. The van der Waals surface area contributed by atoms with Crippen molar-refractivity contribution >= 4 is 11.7 Å². The maximum Gasteiger partial charge on any atom is 0.234 e. The van der Waals surface area contributed by atoms with E-state index in [1.54, 1.807) is 4.90 Å². The minimum atomic E-state index is -0.411. The van der Waals surface area contributed by atoms with E-state index in [0.717, 1.165) is 12.8 Å². The van der Waals surface area contributed by atoms with Crippen LogP contribution in [0.3, 0.4) is 0 Å². The Morgan fingerprint density at radius 1 is 1.25 bits per heavy atom. The molecule has 1 saturated heterocycles. The highest BCUT2D eigenvalue weighted by Gasteiger charge is 2.28. The highest BCUT2D eigenvalue weighted by molar-refractivity contribution is 5.98. The van der Waals surface area contributed by atoms with Crippen LogP contribution in [0.25, 0.3) is 0 Å². The third kappa shape index (κ3) is 3.08. The van der Waals surface area contributed by atoms with E-state index in [0.29, 0.717) is 18.5 Å². The molecule has 1 aromatic carbocycles. The molecule has 20 heavy (non-hydrogen) atoms. The van der Waals surface area contributed by atoms with Gasteiger partial charge >= 0.3 is 0 Å². The van der Waals surface area contributed by atoms with Crippen LogP contribution in [0.2, 0.25) is 0 Å². The number of phenolic OH excluding ortho intramolecular Hbond substituents is 2. The molecule has 6 heteroatoms. The molecule has 0 radical (unpaired) electrons. The second kappa shape index (κ2) is 5.92. The van der Waals surface area contributed by atoms with Crippen molar-refractivity contribution in [1.29, 1.82) is 0 Å². The van der Waals surface area contributed by atoms with Gasteiger partial charge in [-0.3, -0.25) is 14.5 Å². The number of nitrogens with zero attached hydrogens (tertiary/aromatic N) is 1. The van der Waals surface area contributed by atoms with Crippen molar-refractivity contribution in [2.75, 3.05) is 13.1 Å². The van der Waals surface area contributed by atoms with Crippen LogP contribution in [0.1, 0.15) is 29.6 Å². The molecule has 108 valence electrons. The molecular formula is C14H18N2O4. The third-order valence-corrected chi connectivity index (χ3v) is 3.59. The summed E-state index contributed by atoms with van der Waals surface area (Å²) < 4.78 is 0. The summed E-state index contributed by atoms with van der Waals surface area (Å²) in [6.07, 6.45) is 2.53. The fourth-order valence-corrected chi connectivity index (χ4v) is 2.48. The van der Waals surface area contributed by atoms with Crippen molar-refractivity contribution in [1.82, 2.24) is 4.90 Å². The standard InChI is InChI=1S/C14H18N2O4/c15-14(20)10-3-1-2-6-16(10)8-13(19)9-4-5-11(17)12(18)7-9/h4-5,7,10,17-18H,1-3,6,8H2,(H2,15,20). The highest BCUT2D eigenvalue weighted by Crippen LogP contribution is 2.25. The zero-order chi connectivity index (χ0) is 14.7. The number of hydrogen-bond donors (Lipinski definition) is 3. The first kappa shape index (κ1) is 14.3. The fourth-order valence-electron chi connectivity index (χ4n) is 2.48. The molecule has 0 aliphatic carbocycles. The van der Waals surface area contributed by atoms with Gasteiger partial charge in [0.25, 0.3) is 0 Å². The van der Waals surface area contributed by atoms with Crippen LogP contribution in [0, 0.1) is 0 Å². The topological polar surface area (TPSA) is 104 Å². The number of Topliss-reactive ketones (excluding diaryl/α,β-unsaturated/α-hetero) is 1. The van der Waals surface area contributed by atoms with Gasteiger partial charge < -0.3 is 15.9 Å². The lowest BCUT2D eigenvalue weighted by atomic mass is 10.0. The van der Waals surface area contributed by atoms with Crippen LogP contribution < -0.4 is 5.73 Å². The fraction of sp³-hybridized carbons (Fsp3) is 0.429. The maximum absolute atomic E-state index is 12.2. The Bertz CT molecular complexity index is 530. The molecule has 1 aliphatic rings. The summed E-state index contributed by atoms with van der Waals surface area (Å²) in [5.74, 6) is -1.23. The van der Waals surface area contributed by atoms with Crippen molar-refractivity contribution in [3.05, 3.63) is 23.8 Å². The second-order valence-corrected chi connectivity index (χ2v) is 5.01. The summed E-state index contributed by atoms with van der Waals surface area (Å²) >= 11 is 0. The number of hydrogen-bond acceptors (Lipinski definition) is 5. The van der Waals surface area contributed by atoms with Crippen LogP contribution in [0.5, 0.6) is 11.5 Å². The molecule has 2 rings (SSSR count). The number of nitrogens with two attached hydrogens (primary N) is 1. The molecule has 0 saturated carbocycles. The lowest BCUT2D eigenvalue weighted by Gasteiger charge is -2.32. The van der Waals surface area contributed by atoms with Gasteiger partial charge in [0.1, 0.15) is 0 Å². The van der Waals surface area contributed by atoms with Gasteiger partial charge in [-0.25, -0.2) is 0 Å². The lowest BCUT2D eigenvalue weighted by Crippen LogP contribution is -2.49. The average molecular weight is 278 g/mol. The first-order valence-electron chi connectivity index (χ1n) is 6.57. The predicted molar refractivity (Wildman–Crippen MR) is 72.5 cm³/mol. The number of rotatable bonds is 4. The number of ketones is 1. The summed E-state index contributed by atoms with van der Waals surface area (Å²) in [4.78, 5) is 25.3. The van der Waals surface area contributed by atoms with Crippen molar-refractivity contribution in [3.8, 4) is 11.5 Å². The van der Waals surface area contributed by atoms with Crippen LogP contribution >= 0.6 is 0 Å². The Balaban J connectivity index is 2.09. The number of phenols is 2. The van der Waals surface area contributed by atoms with E-state index >= 15 is 0 Å². The highest BCUT2D eigenvalue weighted by atomic mass is 16.3. The number of carbonyl (C=O) groups is 2. The normalized spacial score (nSPS) is 19.7. The van der Waals surface area contributed by atoms with Crippen molar-refractivity contribution in [3.63, 3.8) is 0 Å². The molecule has 1 aliphatic heterocycles. The van der Waals surface area contributed by atoms with Crippen molar-refractivity contribution < 1.29 is 19.8 Å². The molecule has 1 aromatic rings. The van der Waals surface area contributed by atoms with E-state index < -0.39 is 11.9 Å². The Labute approximate surface area is 116 Å². The molecule has 4 N–H and O–H groups in total. The van der Waals surface area contributed by atoms with Gasteiger partial charge in [-0.1, -0.05) is 6.42 Å². The van der Waals surface area contributed by atoms with Gasteiger partial charge in [0.15, 0.2) is 17.3 Å². The Kier molecular flexibility index (Phi) is 4.24. The molecule has 0 spiro atoms. The van der Waals surface area contributed by atoms with Gasteiger partial charge in [0.2, 0.25) is 5.91 Å². The molecule has 0 aromatic heterocycles. The number of aromatic hydroxyl groups is 2. The van der Waals surface area contributed by atoms with E-state index in [9.17, 15) is 19.8 Å². The summed E-state index contributed by atoms with van der Waals surface area (Å²) in [5, 5.41) is 18.6. The minimum Gasteiger partial charge on any atom is -0.504 e. The SMILES string of the molecule is NC(=O)C1CCCCN1CC(=O)c1ccc(O)c(O)c1. The summed E-state index contributed by atoms with van der Waals surface area (Å²) in [6.45, 7) is 0.737. The van der Waals surface area contributed by atoms with E-state index in [1.807, 2.05) is 0 Å². The second-order valence-electron chi connectivity index (χ2n) is 5.01. The first-order chi connectivity index (χ1) is 9.49. The number of primary amides is 1. The minimum absolute atomic E-state index is 0.0812. The van der Waals surface area contributed by atoms with Gasteiger partial charge in [-0.2, -0.15) is 0 Å². The van der Waals surface area contributed by atoms with Gasteiger partial charge in [0.05, 0.1) is 12.6 Å². The maximum atomic E-state index is 12.2. The molecule has 1 fully saturated rings. The quantitative estimate of drug-likeness (QED) is 0.553. The largest absolute Gasteiger partial charge is 0.504 e. The predicted octanol–water partition coefficient (Wildman–Crippen LogP) is 0.620.